The van der Waals surface area contributed by atoms with Crippen LogP contribution in [-0.4, -0.2) is 69.6 Å². The molecule has 3 aliphatic heterocycles. The van der Waals surface area contributed by atoms with Gasteiger partial charge in [0.25, 0.3) is 5.91 Å². The number of nitrogens with zero attached hydrogens (tertiary/aromatic N) is 3. The molecule has 2 amide bonds. The number of ether oxygens (including phenoxy) is 2. The molecule has 4 rings (SSSR count). The minimum Gasteiger partial charge on any atom is -0.497 e. The van der Waals surface area contributed by atoms with E-state index in [9.17, 15) is 24.3 Å². The number of allylic oxidation sites excluding steroid dienone is 2. The van der Waals surface area contributed by atoms with Crippen LogP contribution in [0.3, 0.4) is 0 Å². The molecule has 0 saturated carbocycles. The highest BCUT2D eigenvalue weighted by Crippen LogP contribution is 2.50. The first-order valence-electron chi connectivity index (χ1n) is 10.6. The summed E-state index contributed by atoms with van der Waals surface area (Å²) in [6, 6.07) is 6.39. The van der Waals surface area contributed by atoms with Crippen LogP contribution in [0.4, 0.5) is 0 Å². The zero-order valence-electron chi connectivity index (χ0n) is 18.8. The Balaban J connectivity index is 1.55. The van der Waals surface area contributed by atoms with Crippen molar-refractivity contribution < 1.29 is 33.8 Å². The number of aliphatic carboxylic acids is 1. The molecule has 3 heterocycles. The van der Waals surface area contributed by atoms with Crippen molar-refractivity contribution >= 4 is 41.2 Å². The Morgan fingerprint density at radius 1 is 1.26 bits per heavy atom. The summed E-state index contributed by atoms with van der Waals surface area (Å²) in [5.74, 6) is -1.90. The van der Waals surface area contributed by atoms with Crippen LogP contribution in [0.5, 0.6) is 5.75 Å². The average molecular weight is 486 g/mol. The monoisotopic (exact) mass is 485 g/mol. The van der Waals surface area contributed by atoms with Gasteiger partial charge in [-0.15, -0.1) is 0 Å². The van der Waals surface area contributed by atoms with Crippen molar-refractivity contribution in [3.8, 4) is 5.75 Å². The van der Waals surface area contributed by atoms with Gasteiger partial charge < -0.3 is 14.6 Å². The van der Waals surface area contributed by atoms with Gasteiger partial charge in [-0.2, -0.15) is 5.10 Å². The lowest BCUT2D eigenvalue weighted by atomic mass is 10.0. The molecule has 1 aromatic rings. The van der Waals surface area contributed by atoms with Crippen LogP contribution in [0, 0.1) is 0 Å². The summed E-state index contributed by atoms with van der Waals surface area (Å²) in [5, 5.41) is 14.5. The van der Waals surface area contributed by atoms with Gasteiger partial charge in [-0.25, -0.2) is 14.6 Å². The van der Waals surface area contributed by atoms with Gasteiger partial charge in [0, 0.05) is 24.7 Å². The zero-order valence-corrected chi connectivity index (χ0v) is 19.6. The molecule has 0 aliphatic carbocycles. The fourth-order valence-corrected chi connectivity index (χ4v) is 5.42. The molecule has 10 nitrogen and oxygen atoms in total. The van der Waals surface area contributed by atoms with Gasteiger partial charge in [0.15, 0.2) is 6.04 Å². The van der Waals surface area contributed by atoms with Gasteiger partial charge in [-0.1, -0.05) is 23.9 Å². The van der Waals surface area contributed by atoms with Gasteiger partial charge in [-0.05, 0) is 30.7 Å². The molecule has 0 radical (unpaired) electrons. The number of carbonyl (C=O) groups excluding carboxylic acids is 3. The number of methoxy groups -OCH3 is 1. The van der Waals surface area contributed by atoms with Crippen molar-refractivity contribution in [3.05, 3.63) is 52.1 Å². The highest BCUT2D eigenvalue weighted by molar-refractivity contribution is 8.04. The molecule has 1 fully saturated rings. The lowest BCUT2D eigenvalue weighted by Crippen LogP contribution is -2.51. The molecule has 3 aliphatic rings. The molecule has 1 saturated heterocycles. The van der Waals surface area contributed by atoms with Crippen LogP contribution in [0.2, 0.25) is 0 Å². The predicted molar refractivity (Wildman–Crippen MR) is 123 cm³/mol. The van der Waals surface area contributed by atoms with Crippen LogP contribution in [-0.2, 0) is 30.3 Å². The van der Waals surface area contributed by atoms with Crippen molar-refractivity contribution in [2.45, 2.75) is 38.1 Å². The molecule has 178 valence electrons. The summed E-state index contributed by atoms with van der Waals surface area (Å²) in [5.41, 5.74) is 1.62. The number of carboxylic acids is 1. The SMILES string of the molecule is CCOC(=O)C1CC(/C=C2/C(=O)N3C(C(=O)O)=C(Cc4ccc(OC)cc4)S[C@H]23)=NN1C(C)=O. The average Bonchev–Trinajstić information content (AvgIpc) is 3.38. The van der Waals surface area contributed by atoms with Gasteiger partial charge in [-0.3, -0.25) is 14.5 Å². The topological polar surface area (TPSA) is 126 Å². The van der Waals surface area contributed by atoms with Crippen LogP contribution in [0.1, 0.15) is 25.8 Å². The fourth-order valence-electron chi connectivity index (χ4n) is 4.01. The minimum atomic E-state index is -1.17. The van der Waals surface area contributed by atoms with Gasteiger partial charge in [0.2, 0.25) is 5.91 Å². The zero-order chi connectivity index (χ0) is 24.6. The normalized spacial score (nSPS) is 22.5. The molecule has 0 bridgehead atoms. The van der Waals surface area contributed by atoms with Crippen LogP contribution in [0.25, 0.3) is 0 Å². The summed E-state index contributed by atoms with van der Waals surface area (Å²) >= 11 is 1.30. The van der Waals surface area contributed by atoms with Crippen molar-refractivity contribution in [1.29, 1.82) is 0 Å². The Kier molecular flexibility index (Phi) is 6.47. The number of esters is 1. The first-order valence-corrected chi connectivity index (χ1v) is 11.5. The lowest BCUT2D eigenvalue weighted by Gasteiger charge is -2.37. The number of rotatable bonds is 7. The number of fused-ring (bicyclic) bond motifs is 1. The van der Waals surface area contributed by atoms with Crippen LogP contribution >= 0.6 is 11.8 Å². The first kappa shape index (κ1) is 23.6. The van der Waals surface area contributed by atoms with E-state index in [0.717, 1.165) is 10.6 Å². The molecule has 1 aromatic carbocycles. The Morgan fingerprint density at radius 2 is 1.97 bits per heavy atom. The number of hydrogen-bond acceptors (Lipinski definition) is 8. The lowest BCUT2D eigenvalue weighted by molar-refractivity contribution is -0.153. The van der Waals surface area contributed by atoms with E-state index in [1.54, 1.807) is 32.2 Å². The minimum absolute atomic E-state index is 0.0314. The largest absolute Gasteiger partial charge is 0.497 e. The maximum Gasteiger partial charge on any atom is 0.353 e. The standard InChI is InChI=1S/C23H23N3O7S/c1-4-33-23(31)17-11-14(24-26(17)12(2)27)10-16-20(28)25-19(22(29)30)18(34-21(16)25)9-13-5-7-15(32-3)8-6-13/h5-8,10,17,21H,4,9,11H2,1-3H3,(H,29,30)/b16-10-/t17?,21-/m1/s1. The number of carbonyl (C=O) groups is 4. The number of β-lactam (4-membered cyclic amide) rings is 1. The van der Waals surface area contributed by atoms with Crippen molar-refractivity contribution in [2.24, 2.45) is 5.10 Å². The molecule has 2 atom stereocenters. The number of carboxylic acid groups (broad SMARTS) is 1. The third kappa shape index (κ3) is 4.18. The molecule has 1 N–H and O–H groups in total. The third-order valence-electron chi connectivity index (χ3n) is 5.59. The van der Waals surface area contributed by atoms with E-state index in [0.29, 0.717) is 28.4 Å². The summed E-state index contributed by atoms with van der Waals surface area (Å²) in [6.45, 7) is 3.14. The van der Waals surface area contributed by atoms with E-state index in [-0.39, 0.29) is 18.7 Å². The molecule has 0 spiro atoms. The number of benzene rings is 1. The van der Waals surface area contributed by atoms with Crippen LogP contribution < -0.4 is 4.74 Å². The number of hydrogen-bond donors (Lipinski definition) is 1. The number of hydrazone groups is 1. The van der Waals surface area contributed by atoms with E-state index in [1.807, 2.05) is 12.1 Å². The highest BCUT2D eigenvalue weighted by Gasteiger charge is 2.52. The van der Waals surface area contributed by atoms with E-state index in [2.05, 4.69) is 5.10 Å². The predicted octanol–water partition coefficient (Wildman–Crippen LogP) is 1.92. The van der Waals surface area contributed by atoms with Crippen molar-refractivity contribution in [2.75, 3.05) is 13.7 Å². The van der Waals surface area contributed by atoms with E-state index in [4.69, 9.17) is 9.47 Å². The van der Waals surface area contributed by atoms with E-state index >= 15 is 0 Å². The first-order chi connectivity index (χ1) is 16.2. The number of thioether (sulfide) groups is 1. The van der Waals surface area contributed by atoms with E-state index in [1.165, 1.54) is 23.6 Å². The Hall–Kier alpha value is -3.60. The fraction of sp³-hybridized carbons (Fsp3) is 0.348. The molecule has 34 heavy (non-hydrogen) atoms. The maximum atomic E-state index is 12.9. The second kappa shape index (κ2) is 9.34. The Labute approximate surface area is 199 Å². The van der Waals surface area contributed by atoms with E-state index < -0.39 is 35.2 Å². The Morgan fingerprint density at radius 3 is 2.56 bits per heavy atom. The number of amides is 2. The molecule has 0 aromatic heterocycles. The molecule has 1 unspecified atom stereocenters. The van der Waals surface area contributed by atoms with Gasteiger partial charge >= 0.3 is 11.9 Å². The van der Waals surface area contributed by atoms with Crippen molar-refractivity contribution in [1.82, 2.24) is 9.91 Å². The Bertz CT molecular complexity index is 1160. The van der Waals surface area contributed by atoms with Crippen molar-refractivity contribution in [3.63, 3.8) is 0 Å². The van der Waals surface area contributed by atoms with Crippen LogP contribution in [0.15, 0.2) is 51.6 Å². The smallest absolute Gasteiger partial charge is 0.353 e. The second-order valence-electron chi connectivity index (χ2n) is 7.77. The highest BCUT2D eigenvalue weighted by atomic mass is 32.2. The maximum absolute atomic E-state index is 12.9. The summed E-state index contributed by atoms with van der Waals surface area (Å²) in [4.78, 5) is 50.8. The van der Waals surface area contributed by atoms with Gasteiger partial charge in [0.05, 0.1) is 25.0 Å². The van der Waals surface area contributed by atoms with Gasteiger partial charge in [0.1, 0.15) is 16.8 Å². The molecule has 11 heteroatoms. The second-order valence-corrected chi connectivity index (χ2v) is 8.95. The molecular formula is C23H23N3O7S. The quantitative estimate of drug-likeness (QED) is 0.353. The summed E-state index contributed by atoms with van der Waals surface area (Å²) in [7, 11) is 1.57. The summed E-state index contributed by atoms with van der Waals surface area (Å²) < 4.78 is 10.2. The summed E-state index contributed by atoms with van der Waals surface area (Å²) in [6.07, 6.45) is 2.01. The molecular weight excluding hydrogens is 462 g/mol. The third-order valence-corrected chi connectivity index (χ3v) is 6.90.